The van der Waals surface area contributed by atoms with Crippen LogP contribution in [-0.4, -0.2) is 43.3 Å². The van der Waals surface area contributed by atoms with E-state index in [0.29, 0.717) is 12.5 Å². The largest absolute Gasteiger partial charge is 0.383 e. The van der Waals surface area contributed by atoms with Crippen molar-refractivity contribution in [2.75, 3.05) is 43.6 Å². The second-order valence-electron chi connectivity index (χ2n) is 5.12. The number of methoxy groups -OCH3 is 1. The van der Waals surface area contributed by atoms with Crippen molar-refractivity contribution in [3.63, 3.8) is 0 Å². The van der Waals surface area contributed by atoms with Crippen LogP contribution in [0.2, 0.25) is 0 Å². The highest BCUT2D eigenvalue weighted by Crippen LogP contribution is 2.20. The average molecular weight is 280 g/mol. The second kappa shape index (κ2) is 8.74. The first kappa shape index (κ1) is 16.7. The van der Waals surface area contributed by atoms with E-state index >= 15 is 0 Å². The normalized spacial score (nSPS) is 10.9. The van der Waals surface area contributed by atoms with Crippen LogP contribution in [0.1, 0.15) is 45.9 Å². The van der Waals surface area contributed by atoms with Crippen molar-refractivity contribution in [2.24, 2.45) is 0 Å². The van der Waals surface area contributed by atoms with E-state index < -0.39 is 0 Å². The predicted molar refractivity (Wildman–Crippen MR) is 84.7 cm³/mol. The van der Waals surface area contributed by atoms with Gasteiger partial charge in [0.25, 0.3) is 0 Å². The van der Waals surface area contributed by atoms with Crippen LogP contribution < -0.4 is 10.2 Å². The first-order chi connectivity index (χ1) is 9.62. The summed E-state index contributed by atoms with van der Waals surface area (Å²) in [7, 11) is 1.72. The molecule has 0 fully saturated rings. The van der Waals surface area contributed by atoms with E-state index in [1.165, 1.54) is 0 Å². The molecule has 0 aliphatic carbocycles. The lowest BCUT2D eigenvalue weighted by Gasteiger charge is -2.23. The SMILES string of the molecule is CCCNc1cc(N(CC)CCOC)nc(C(C)C)n1. The summed E-state index contributed by atoms with van der Waals surface area (Å²) in [4.78, 5) is 11.5. The van der Waals surface area contributed by atoms with Gasteiger partial charge in [0.1, 0.15) is 17.5 Å². The van der Waals surface area contributed by atoms with Gasteiger partial charge in [-0.1, -0.05) is 20.8 Å². The van der Waals surface area contributed by atoms with Crippen molar-refractivity contribution >= 4 is 11.6 Å². The molecule has 0 bridgehead atoms. The maximum atomic E-state index is 5.17. The van der Waals surface area contributed by atoms with Crippen molar-refractivity contribution in [1.29, 1.82) is 0 Å². The molecule has 0 unspecified atom stereocenters. The van der Waals surface area contributed by atoms with Gasteiger partial charge in [-0.2, -0.15) is 0 Å². The number of hydrogen-bond acceptors (Lipinski definition) is 5. The Morgan fingerprint density at radius 1 is 1.30 bits per heavy atom. The second-order valence-corrected chi connectivity index (χ2v) is 5.12. The Morgan fingerprint density at radius 2 is 2.05 bits per heavy atom. The maximum absolute atomic E-state index is 5.17. The van der Waals surface area contributed by atoms with Gasteiger partial charge in [-0.05, 0) is 13.3 Å². The topological polar surface area (TPSA) is 50.3 Å². The van der Waals surface area contributed by atoms with Crippen molar-refractivity contribution in [3.05, 3.63) is 11.9 Å². The Labute approximate surface area is 122 Å². The number of anilines is 2. The maximum Gasteiger partial charge on any atom is 0.135 e. The highest BCUT2D eigenvalue weighted by Gasteiger charge is 2.12. The van der Waals surface area contributed by atoms with Gasteiger partial charge in [-0.25, -0.2) is 9.97 Å². The van der Waals surface area contributed by atoms with Gasteiger partial charge >= 0.3 is 0 Å². The molecule has 0 aliphatic rings. The van der Waals surface area contributed by atoms with Crippen LogP contribution in [0.3, 0.4) is 0 Å². The van der Waals surface area contributed by atoms with E-state index in [1.807, 2.05) is 6.07 Å². The smallest absolute Gasteiger partial charge is 0.135 e. The lowest BCUT2D eigenvalue weighted by Crippen LogP contribution is -2.28. The van der Waals surface area contributed by atoms with Crippen molar-refractivity contribution in [1.82, 2.24) is 9.97 Å². The monoisotopic (exact) mass is 280 g/mol. The fraction of sp³-hybridized carbons (Fsp3) is 0.733. The number of aromatic nitrogens is 2. The van der Waals surface area contributed by atoms with Gasteiger partial charge in [-0.3, -0.25) is 0 Å². The van der Waals surface area contributed by atoms with Crippen LogP contribution in [0.15, 0.2) is 6.07 Å². The van der Waals surface area contributed by atoms with Crippen LogP contribution in [0.4, 0.5) is 11.6 Å². The summed E-state index contributed by atoms with van der Waals surface area (Å²) in [6, 6.07) is 2.03. The molecule has 114 valence electrons. The van der Waals surface area contributed by atoms with E-state index in [4.69, 9.17) is 4.74 Å². The third-order valence-electron chi connectivity index (χ3n) is 3.07. The number of rotatable bonds is 9. The molecule has 1 aromatic rings. The number of ether oxygens (including phenoxy) is 1. The zero-order valence-electron chi connectivity index (χ0n) is 13.4. The van der Waals surface area contributed by atoms with Crippen LogP contribution in [0.5, 0.6) is 0 Å². The van der Waals surface area contributed by atoms with Gasteiger partial charge in [0, 0.05) is 38.7 Å². The molecule has 1 heterocycles. The fourth-order valence-electron chi connectivity index (χ4n) is 1.85. The van der Waals surface area contributed by atoms with Crippen molar-refractivity contribution in [3.8, 4) is 0 Å². The number of nitrogens with zero attached hydrogens (tertiary/aromatic N) is 3. The molecule has 0 atom stereocenters. The Balaban J connectivity index is 2.99. The van der Waals surface area contributed by atoms with E-state index in [9.17, 15) is 0 Å². The Bertz CT molecular complexity index is 395. The Morgan fingerprint density at radius 3 is 2.60 bits per heavy atom. The molecule has 0 radical (unpaired) electrons. The molecule has 0 spiro atoms. The van der Waals surface area contributed by atoms with E-state index in [1.54, 1.807) is 7.11 Å². The minimum absolute atomic E-state index is 0.318. The molecule has 5 heteroatoms. The number of likely N-dealkylation sites (N-methyl/N-ethyl adjacent to an activating group) is 1. The molecule has 1 rings (SSSR count). The van der Waals surface area contributed by atoms with E-state index in [0.717, 1.165) is 43.5 Å². The van der Waals surface area contributed by atoms with E-state index in [2.05, 4.69) is 47.9 Å². The first-order valence-electron chi connectivity index (χ1n) is 7.49. The summed E-state index contributed by atoms with van der Waals surface area (Å²) in [6.07, 6.45) is 1.08. The molecule has 1 aromatic heterocycles. The summed E-state index contributed by atoms with van der Waals surface area (Å²) >= 11 is 0. The molecular formula is C15H28N4O. The van der Waals surface area contributed by atoms with Crippen molar-refractivity contribution < 1.29 is 4.74 Å². The van der Waals surface area contributed by atoms with Crippen LogP contribution >= 0.6 is 0 Å². The molecule has 0 saturated carbocycles. The fourth-order valence-corrected chi connectivity index (χ4v) is 1.85. The summed E-state index contributed by atoms with van der Waals surface area (Å²) in [6.45, 7) is 11.9. The van der Waals surface area contributed by atoms with Crippen LogP contribution in [0.25, 0.3) is 0 Å². The quantitative estimate of drug-likeness (QED) is 0.753. The van der Waals surface area contributed by atoms with Crippen LogP contribution in [0, 0.1) is 0 Å². The van der Waals surface area contributed by atoms with E-state index in [-0.39, 0.29) is 0 Å². The zero-order chi connectivity index (χ0) is 15.0. The number of nitrogens with one attached hydrogen (secondary N) is 1. The summed E-state index contributed by atoms with van der Waals surface area (Å²) < 4.78 is 5.17. The lowest BCUT2D eigenvalue weighted by atomic mass is 10.2. The van der Waals surface area contributed by atoms with Gasteiger partial charge in [0.15, 0.2) is 0 Å². The van der Waals surface area contributed by atoms with Crippen LogP contribution in [-0.2, 0) is 4.74 Å². The predicted octanol–water partition coefficient (Wildman–Crippen LogP) is 2.89. The van der Waals surface area contributed by atoms with Gasteiger partial charge in [0.05, 0.1) is 6.61 Å². The molecular weight excluding hydrogens is 252 g/mol. The zero-order valence-corrected chi connectivity index (χ0v) is 13.4. The molecule has 0 amide bonds. The minimum atomic E-state index is 0.318. The van der Waals surface area contributed by atoms with Crippen molar-refractivity contribution in [2.45, 2.75) is 40.0 Å². The number of hydrogen-bond donors (Lipinski definition) is 1. The molecule has 5 nitrogen and oxygen atoms in total. The highest BCUT2D eigenvalue weighted by molar-refractivity contribution is 5.49. The molecule has 20 heavy (non-hydrogen) atoms. The third kappa shape index (κ3) is 4.96. The summed E-state index contributed by atoms with van der Waals surface area (Å²) in [5.74, 6) is 3.09. The minimum Gasteiger partial charge on any atom is -0.383 e. The molecule has 0 saturated heterocycles. The van der Waals surface area contributed by atoms with Gasteiger partial charge in [-0.15, -0.1) is 0 Å². The summed E-state index contributed by atoms with van der Waals surface area (Å²) in [5, 5.41) is 3.36. The molecule has 1 N–H and O–H groups in total. The van der Waals surface area contributed by atoms with Gasteiger partial charge < -0.3 is 15.0 Å². The standard InChI is InChI=1S/C15H28N4O/c1-6-8-16-13-11-14(18-15(17-13)12(3)4)19(7-2)9-10-20-5/h11-12H,6-10H2,1-5H3,(H,16,17,18). The average Bonchev–Trinajstić information content (AvgIpc) is 2.45. The third-order valence-corrected chi connectivity index (χ3v) is 3.07. The Hall–Kier alpha value is -1.36. The summed E-state index contributed by atoms with van der Waals surface area (Å²) in [5.41, 5.74) is 0. The molecule has 0 aliphatic heterocycles. The Kier molecular flexibility index (Phi) is 7.30. The van der Waals surface area contributed by atoms with Gasteiger partial charge in [0.2, 0.25) is 0 Å². The molecule has 0 aromatic carbocycles. The lowest BCUT2D eigenvalue weighted by molar-refractivity contribution is 0.205. The highest BCUT2D eigenvalue weighted by atomic mass is 16.5. The first-order valence-corrected chi connectivity index (χ1v) is 7.49.